The van der Waals surface area contributed by atoms with Gasteiger partial charge in [0.25, 0.3) is 0 Å². The van der Waals surface area contributed by atoms with Crippen LogP contribution in [0.2, 0.25) is 0 Å². The molecule has 76 valence electrons. The predicted molar refractivity (Wildman–Crippen MR) is 66.8 cm³/mol. The first-order chi connectivity index (χ1) is 7.24. The second kappa shape index (κ2) is 3.90. The van der Waals surface area contributed by atoms with Gasteiger partial charge in [0.1, 0.15) is 0 Å². The van der Waals surface area contributed by atoms with Crippen LogP contribution >= 0.6 is 0 Å². The van der Waals surface area contributed by atoms with Crippen LogP contribution in [0.5, 0.6) is 0 Å². The molecule has 0 aromatic heterocycles. The van der Waals surface area contributed by atoms with Crippen LogP contribution in [0.1, 0.15) is 20.3 Å². The van der Waals surface area contributed by atoms with Gasteiger partial charge in [-0.15, -0.1) is 0 Å². The standard InChI is InChI=1S/C15H16/c1-4-7-13-10-11(2)14-8-5-6-9-15(14)12(13)3/h4-9H,1,10H2,2-3H3/b13-7+. The van der Waals surface area contributed by atoms with Crippen LogP contribution in [0.3, 0.4) is 0 Å². The number of allylic oxidation sites excluding steroid dienone is 3. The highest BCUT2D eigenvalue weighted by Crippen LogP contribution is 2.20. The Labute approximate surface area is 91.0 Å². The van der Waals surface area contributed by atoms with Crippen molar-refractivity contribution in [1.29, 1.82) is 0 Å². The molecule has 0 atom stereocenters. The minimum atomic E-state index is 1.05. The van der Waals surface area contributed by atoms with Crippen LogP contribution in [0, 0.1) is 0 Å². The molecule has 0 N–H and O–H groups in total. The lowest BCUT2D eigenvalue weighted by Crippen LogP contribution is -2.31. The Balaban J connectivity index is 2.84. The third-order valence-electron chi connectivity index (χ3n) is 3.05. The molecule has 0 heterocycles. The summed E-state index contributed by atoms with van der Waals surface area (Å²) >= 11 is 0. The van der Waals surface area contributed by atoms with Crippen LogP contribution in [0.15, 0.2) is 48.6 Å². The van der Waals surface area contributed by atoms with Crippen molar-refractivity contribution in [3.8, 4) is 0 Å². The highest BCUT2D eigenvalue weighted by molar-refractivity contribution is 5.71. The Morgan fingerprint density at radius 1 is 1.13 bits per heavy atom. The Kier molecular flexibility index (Phi) is 2.59. The van der Waals surface area contributed by atoms with Crippen molar-refractivity contribution >= 4 is 11.1 Å². The van der Waals surface area contributed by atoms with Crippen molar-refractivity contribution in [2.24, 2.45) is 0 Å². The van der Waals surface area contributed by atoms with E-state index < -0.39 is 0 Å². The molecule has 0 unspecified atom stereocenters. The molecule has 1 aromatic carbocycles. The van der Waals surface area contributed by atoms with Crippen molar-refractivity contribution in [3.63, 3.8) is 0 Å². The van der Waals surface area contributed by atoms with Gasteiger partial charge in [-0.05, 0) is 41.9 Å². The molecular formula is C15H16. The van der Waals surface area contributed by atoms with Gasteiger partial charge in [0.2, 0.25) is 0 Å². The maximum absolute atomic E-state index is 3.77. The lowest BCUT2D eigenvalue weighted by Gasteiger charge is -2.14. The zero-order valence-electron chi connectivity index (χ0n) is 9.38. The van der Waals surface area contributed by atoms with E-state index in [9.17, 15) is 0 Å². The van der Waals surface area contributed by atoms with Crippen LogP contribution in [0.4, 0.5) is 0 Å². The summed E-state index contributed by atoms with van der Waals surface area (Å²) < 4.78 is 0. The second-order valence-corrected chi connectivity index (χ2v) is 4.06. The molecule has 1 aromatic rings. The summed E-state index contributed by atoms with van der Waals surface area (Å²) in [4.78, 5) is 0. The molecule has 1 aliphatic rings. The van der Waals surface area contributed by atoms with Gasteiger partial charge in [-0.2, -0.15) is 0 Å². The SMILES string of the molecule is C=C/C=C1\CC(C)=c2ccccc2=C1C. The van der Waals surface area contributed by atoms with E-state index in [1.165, 1.54) is 27.2 Å². The highest BCUT2D eigenvalue weighted by Gasteiger charge is 2.08. The minimum absolute atomic E-state index is 1.05. The van der Waals surface area contributed by atoms with E-state index >= 15 is 0 Å². The first-order valence-corrected chi connectivity index (χ1v) is 5.31. The zero-order valence-corrected chi connectivity index (χ0v) is 9.38. The zero-order chi connectivity index (χ0) is 10.8. The average molecular weight is 196 g/mol. The molecule has 0 spiro atoms. The quantitative estimate of drug-likeness (QED) is 0.647. The van der Waals surface area contributed by atoms with Crippen molar-refractivity contribution < 1.29 is 0 Å². The van der Waals surface area contributed by atoms with E-state index in [0.717, 1.165) is 6.42 Å². The van der Waals surface area contributed by atoms with Gasteiger partial charge >= 0.3 is 0 Å². The molecule has 0 bridgehead atoms. The van der Waals surface area contributed by atoms with Gasteiger partial charge in [0.15, 0.2) is 0 Å². The van der Waals surface area contributed by atoms with Crippen molar-refractivity contribution in [2.75, 3.05) is 0 Å². The molecule has 0 saturated carbocycles. The number of hydrogen-bond acceptors (Lipinski definition) is 0. The smallest absolute Gasteiger partial charge is 0.00578 e. The van der Waals surface area contributed by atoms with Gasteiger partial charge in [-0.25, -0.2) is 0 Å². The van der Waals surface area contributed by atoms with Gasteiger partial charge in [0, 0.05) is 0 Å². The molecule has 1 aliphatic carbocycles. The van der Waals surface area contributed by atoms with E-state index in [1.807, 2.05) is 6.08 Å². The Morgan fingerprint density at radius 2 is 1.80 bits per heavy atom. The average Bonchev–Trinajstić information content (AvgIpc) is 2.26. The normalized spacial score (nSPS) is 17.9. The van der Waals surface area contributed by atoms with Crippen molar-refractivity contribution in [2.45, 2.75) is 20.3 Å². The number of rotatable bonds is 1. The predicted octanol–water partition coefficient (Wildman–Crippen LogP) is 2.54. The third kappa shape index (κ3) is 1.68. The first kappa shape index (κ1) is 9.97. The summed E-state index contributed by atoms with van der Waals surface area (Å²) in [6.07, 6.45) is 5.05. The van der Waals surface area contributed by atoms with Gasteiger partial charge < -0.3 is 0 Å². The molecule has 0 amide bonds. The van der Waals surface area contributed by atoms with E-state index in [-0.39, 0.29) is 0 Å². The monoisotopic (exact) mass is 196 g/mol. The topological polar surface area (TPSA) is 0 Å². The Morgan fingerprint density at radius 3 is 2.47 bits per heavy atom. The van der Waals surface area contributed by atoms with Crippen molar-refractivity contribution in [3.05, 3.63) is 59.0 Å². The molecule has 0 fully saturated rings. The minimum Gasteiger partial charge on any atom is -0.0991 e. The number of hydrogen-bond donors (Lipinski definition) is 0. The lowest BCUT2D eigenvalue weighted by atomic mass is 9.90. The van der Waals surface area contributed by atoms with E-state index in [0.29, 0.717) is 0 Å². The third-order valence-corrected chi connectivity index (χ3v) is 3.05. The van der Waals surface area contributed by atoms with Crippen LogP contribution < -0.4 is 10.4 Å². The highest BCUT2D eigenvalue weighted by atomic mass is 14.1. The lowest BCUT2D eigenvalue weighted by molar-refractivity contribution is 1.20. The molecule has 15 heavy (non-hydrogen) atoms. The Hall–Kier alpha value is -1.56. The summed E-state index contributed by atoms with van der Waals surface area (Å²) in [5, 5.41) is 2.77. The molecular weight excluding hydrogens is 180 g/mol. The van der Waals surface area contributed by atoms with Gasteiger partial charge in [-0.1, -0.05) is 48.6 Å². The maximum atomic E-state index is 3.77. The molecule has 0 saturated heterocycles. The summed E-state index contributed by atoms with van der Waals surface area (Å²) in [5.74, 6) is 0. The first-order valence-electron chi connectivity index (χ1n) is 5.31. The van der Waals surface area contributed by atoms with E-state index in [1.54, 1.807) is 0 Å². The Bertz CT molecular complexity index is 542. The largest absolute Gasteiger partial charge is 0.0991 e. The van der Waals surface area contributed by atoms with Crippen LogP contribution in [0.25, 0.3) is 11.1 Å². The maximum Gasteiger partial charge on any atom is -0.00578 e. The fourth-order valence-electron chi connectivity index (χ4n) is 2.19. The van der Waals surface area contributed by atoms with Crippen LogP contribution in [-0.4, -0.2) is 0 Å². The molecule has 0 heteroatoms. The van der Waals surface area contributed by atoms with Gasteiger partial charge in [0.05, 0.1) is 0 Å². The van der Waals surface area contributed by atoms with E-state index in [2.05, 4.69) is 50.8 Å². The molecule has 0 radical (unpaired) electrons. The molecule has 2 rings (SSSR count). The molecule has 0 aliphatic heterocycles. The number of benzene rings is 1. The van der Waals surface area contributed by atoms with Gasteiger partial charge in [-0.3, -0.25) is 0 Å². The van der Waals surface area contributed by atoms with E-state index in [4.69, 9.17) is 0 Å². The fraction of sp³-hybridized carbons (Fsp3) is 0.200. The summed E-state index contributed by atoms with van der Waals surface area (Å²) in [6.45, 7) is 8.18. The number of fused-ring (bicyclic) bond motifs is 1. The summed E-state index contributed by atoms with van der Waals surface area (Å²) in [6, 6.07) is 8.62. The summed E-state index contributed by atoms with van der Waals surface area (Å²) in [7, 11) is 0. The van der Waals surface area contributed by atoms with Crippen LogP contribution in [-0.2, 0) is 0 Å². The second-order valence-electron chi connectivity index (χ2n) is 4.06. The summed E-state index contributed by atoms with van der Waals surface area (Å²) in [5.41, 5.74) is 4.22. The molecule has 0 nitrogen and oxygen atoms in total. The van der Waals surface area contributed by atoms with Crippen molar-refractivity contribution in [1.82, 2.24) is 0 Å². The fourth-order valence-corrected chi connectivity index (χ4v) is 2.19.